The number of fused-ring (bicyclic) bond motifs is 1. The van der Waals surface area contributed by atoms with Gasteiger partial charge in [-0.2, -0.15) is 0 Å². The third-order valence-electron chi connectivity index (χ3n) is 4.04. The van der Waals surface area contributed by atoms with E-state index >= 15 is 0 Å². The first-order chi connectivity index (χ1) is 10.6. The normalized spacial score (nSPS) is 10.9. The predicted molar refractivity (Wildman–Crippen MR) is 95.1 cm³/mol. The van der Waals surface area contributed by atoms with Gasteiger partial charge in [-0.25, -0.2) is 0 Å². The predicted octanol–water partition coefficient (Wildman–Crippen LogP) is 5.05. The van der Waals surface area contributed by atoms with Gasteiger partial charge >= 0.3 is 0 Å². The van der Waals surface area contributed by atoms with E-state index in [-0.39, 0.29) is 5.91 Å². The van der Waals surface area contributed by atoms with E-state index < -0.39 is 0 Å². The molecule has 0 bridgehead atoms. The Labute approximate surface area is 135 Å². The molecule has 0 aliphatic carbocycles. The first kappa shape index (κ1) is 14.8. The van der Waals surface area contributed by atoms with Crippen LogP contribution in [0.4, 0.5) is 5.69 Å². The van der Waals surface area contributed by atoms with Gasteiger partial charge in [0.1, 0.15) is 0 Å². The molecule has 3 aromatic rings. The Hall–Kier alpha value is -2.13. The van der Waals surface area contributed by atoms with Crippen LogP contribution in [-0.4, -0.2) is 13.0 Å². The molecule has 1 aromatic heterocycles. The molecule has 3 heteroatoms. The number of benzene rings is 2. The van der Waals surface area contributed by atoms with Crippen molar-refractivity contribution in [2.45, 2.75) is 20.3 Å². The lowest BCUT2D eigenvalue weighted by Crippen LogP contribution is -2.25. The SMILES string of the molecule is CCc1cc(C(=O)N(C)c2ccc3ccccc3c2)sc1C. The summed E-state index contributed by atoms with van der Waals surface area (Å²) in [6, 6.07) is 16.3. The van der Waals surface area contributed by atoms with Crippen LogP contribution < -0.4 is 4.90 Å². The quantitative estimate of drug-likeness (QED) is 0.663. The molecule has 112 valence electrons. The Morgan fingerprint density at radius 2 is 1.82 bits per heavy atom. The molecule has 1 heterocycles. The monoisotopic (exact) mass is 309 g/mol. The largest absolute Gasteiger partial charge is 0.311 e. The standard InChI is InChI=1S/C19H19NOS/c1-4-14-12-18(22-13(14)2)19(21)20(3)17-10-9-15-7-5-6-8-16(15)11-17/h5-12H,4H2,1-3H3. The first-order valence-corrected chi connectivity index (χ1v) is 8.28. The van der Waals surface area contributed by atoms with Gasteiger partial charge in [-0.15, -0.1) is 11.3 Å². The van der Waals surface area contributed by atoms with Gasteiger partial charge in [-0.05, 0) is 47.9 Å². The Bertz CT molecular complexity index is 834. The van der Waals surface area contributed by atoms with E-state index in [4.69, 9.17) is 0 Å². The summed E-state index contributed by atoms with van der Waals surface area (Å²) >= 11 is 1.58. The summed E-state index contributed by atoms with van der Waals surface area (Å²) in [7, 11) is 1.84. The summed E-state index contributed by atoms with van der Waals surface area (Å²) < 4.78 is 0. The van der Waals surface area contributed by atoms with E-state index in [1.807, 2.05) is 31.3 Å². The van der Waals surface area contributed by atoms with Gasteiger partial charge in [0, 0.05) is 17.6 Å². The van der Waals surface area contributed by atoms with Crippen LogP contribution in [0, 0.1) is 6.92 Å². The number of amides is 1. The van der Waals surface area contributed by atoms with Crippen molar-refractivity contribution in [1.29, 1.82) is 0 Å². The van der Waals surface area contributed by atoms with Gasteiger partial charge in [0.2, 0.25) is 0 Å². The summed E-state index contributed by atoms with van der Waals surface area (Å²) in [6.07, 6.45) is 0.968. The van der Waals surface area contributed by atoms with Gasteiger partial charge in [0.25, 0.3) is 5.91 Å². The number of hydrogen-bond acceptors (Lipinski definition) is 2. The van der Waals surface area contributed by atoms with E-state index in [2.05, 4.69) is 38.1 Å². The Balaban J connectivity index is 1.93. The van der Waals surface area contributed by atoms with E-state index in [0.717, 1.165) is 22.4 Å². The molecule has 0 N–H and O–H groups in total. The molecule has 0 saturated heterocycles. The maximum atomic E-state index is 12.7. The number of aryl methyl sites for hydroxylation is 2. The second kappa shape index (κ2) is 5.93. The number of nitrogens with zero attached hydrogens (tertiary/aromatic N) is 1. The van der Waals surface area contributed by atoms with Gasteiger partial charge in [-0.1, -0.05) is 37.3 Å². The van der Waals surface area contributed by atoms with Crippen LogP contribution in [0.1, 0.15) is 27.0 Å². The number of rotatable bonds is 3. The summed E-state index contributed by atoms with van der Waals surface area (Å²) in [5.74, 6) is 0.0584. The maximum absolute atomic E-state index is 12.7. The van der Waals surface area contributed by atoms with Crippen LogP contribution in [0.5, 0.6) is 0 Å². The zero-order valence-electron chi connectivity index (χ0n) is 13.1. The Kier molecular flexibility index (Phi) is 3.99. The summed E-state index contributed by atoms with van der Waals surface area (Å²) in [5, 5.41) is 2.34. The maximum Gasteiger partial charge on any atom is 0.268 e. The molecular weight excluding hydrogens is 290 g/mol. The van der Waals surface area contributed by atoms with Gasteiger partial charge < -0.3 is 4.90 Å². The van der Waals surface area contributed by atoms with Crippen LogP contribution in [-0.2, 0) is 6.42 Å². The van der Waals surface area contributed by atoms with Gasteiger partial charge in [0.15, 0.2) is 0 Å². The highest BCUT2D eigenvalue weighted by atomic mass is 32.1. The third kappa shape index (κ3) is 2.64. The Morgan fingerprint density at radius 1 is 1.09 bits per heavy atom. The smallest absolute Gasteiger partial charge is 0.268 e. The van der Waals surface area contributed by atoms with Crippen molar-refractivity contribution in [3.8, 4) is 0 Å². The molecule has 0 unspecified atom stereocenters. The summed E-state index contributed by atoms with van der Waals surface area (Å²) in [6.45, 7) is 4.20. The molecule has 0 fully saturated rings. The summed E-state index contributed by atoms with van der Waals surface area (Å²) in [5.41, 5.74) is 2.19. The average Bonchev–Trinajstić information content (AvgIpc) is 2.94. The van der Waals surface area contributed by atoms with Crippen molar-refractivity contribution in [2.24, 2.45) is 0 Å². The van der Waals surface area contributed by atoms with E-state index in [0.29, 0.717) is 0 Å². The number of anilines is 1. The minimum atomic E-state index is 0.0584. The second-order valence-electron chi connectivity index (χ2n) is 5.44. The van der Waals surface area contributed by atoms with E-state index in [1.165, 1.54) is 15.8 Å². The average molecular weight is 309 g/mol. The van der Waals surface area contributed by atoms with Crippen LogP contribution >= 0.6 is 11.3 Å². The molecule has 0 saturated carbocycles. The number of carbonyl (C=O) groups is 1. The lowest BCUT2D eigenvalue weighted by atomic mass is 10.1. The topological polar surface area (TPSA) is 20.3 Å². The number of carbonyl (C=O) groups excluding carboxylic acids is 1. The molecule has 0 aliphatic rings. The molecule has 0 aliphatic heterocycles. The van der Waals surface area contributed by atoms with Gasteiger partial charge in [0.05, 0.1) is 4.88 Å². The molecule has 0 spiro atoms. The fourth-order valence-electron chi connectivity index (χ4n) is 2.64. The highest BCUT2D eigenvalue weighted by molar-refractivity contribution is 7.14. The van der Waals surface area contributed by atoms with E-state index in [9.17, 15) is 4.79 Å². The molecule has 0 radical (unpaired) electrons. The van der Waals surface area contributed by atoms with Crippen molar-refractivity contribution in [1.82, 2.24) is 0 Å². The van der Waals surface area contributed by atoms with Crippen LogP contribution in [0.15, 0.2) is 48.5 Å². The van der Waals surface area contributed by atoms with E-state index in [1.54, 1.807) is 16.2 Å². The number of hydrogen-bond donors (Lipinski definition) is 0. The lowest BCUT2D eigenvalue weighted by Gasteiger charge is -2.17. The van der Waals surface area contributed by atoms with Crippen molar-refractivity contribution < 1.29 is 4.79 Å². The van der Waals surface area contributed by atoms with Crippen LogP contribution in [0.25, 0.3) is 10.8 Å². The fraction of sp³-hybridized carbons (Fsp3) is 0.211. The molecule has 1 amide bonds. The van der Waals surface area contributed by atoms with Crippen LogP contribution in [0.3, 0.4) is 0 Å². The fourth-order valence-corrected chi connectivity index (χ4v) is 3.73. The highest BCUT2D eigenvalue weighted by Crippen LogP contribution is 2.26. The zero-order chi connectivity index (χ0) is 15.7. The van der Waals surface area contributed by atoms with Crippen LogP contribution in [0.2, 0.25) is 0 Å². The minimum absolute atomic E-state index is 0.0584. The second-order valence-corrected chi connectivity index (χ2v) is 6.70. The van der Waals surface area contributed by atoms with Crippen molar-refractivity contribution in [3.05, 3.63) is 63.8 Å². The minimum Gasteiger partial charge on any atom is -0.311 e. The molecule has 0 atom stereocenters. The number of thiophene rings is 1. The highest BCUT2D eigenvalue weighted by Gasteiger charge is 2.17. The van der Waals surface area contributed by atoms with Crippen molar-refractivity contribution in [3.63, 3.8) is 0 Å². The lowest BCUT2D eigenvalue weighted by molar-refractivity contribution is 0.0997. The summed E-state index contributed by atoms with van der Waals surface area (Å²) in [4.78, 5) is 16.5. The zero-order valence-corrected chi connectivity index (χ0v) is 13.9. The van der Waals surface area contributed by atoms with Crippen molar-refractivity contribution in [2.75, 3.05) is 11.9 Å². The third-order valence-corrected chi connectivity index (χ3v) is 5.12. The Morgan fingerprint density at radius 3 is 2.50 bits per heavy atom. The first-order valence-electron chi connectivity index (χ1n) is 7.46. The molecule has 2 aromatic carbocycles. The molecular formula is C19H19NOS. The van der Waals surface area contributed by atoms with Gasteiger partial charge in [-0.3, -0.25) is 4.79 Å². The molecule has 22 heavy (non-hydrogen) atoms. The molecule has 2 nitrogen and oxygen atoms in total. The molecule has 3 rings (SSSR count). The van der Waals surface area contributed by atoms with Crippen molar-refractivity contribution >= 4 is 33.7 Å².